The zero-order chi connectivity index (χ0) is 13.7. The lowest BCUT2D eigenvalue weighted by Gasteiger charge is -2.17. The van der Waals surface area contributed by atoms with Crippen molar-refractivity contribution in [3.05, 3.63) is 0 Å². The van der Waals surface area contributed by atoms with Crippen molar-refractivity contribution >= 4 is 34.1 Å². The van der Waals surface area contributed by atoms with Crippen LogP contribution in [-0.4, -0.2) is 52.9 Å². The lowest BCUT2D eigenvalue weighted by atomic mass is 10.4. The minimum Gasteiger partial charge on any atom is -0.347 e. The van der Waals surface area contributed by atoms with Crippen LogP contribution in [0, 0.1) is 0 Å². The van der Waals surface area contributed by atoms with Crippen LogP contribution in [0.25, 0.3) is 0 Å². The van der Waals surface area contributed by atoms with Gasteiger partial charge >= 0.3 is 0 Å². The number of carbonyl (C=O) groups is 1. The van der Waals surface area contributed by atoms with Crippen molar-refractivity contribution in [3.8, 4) is 0 Å². The number of nitrogens with zero attached hydrogens (tertiary/aromatic N) is 4. The van der Waals surface area contributed by atoms with Crippen LogP contribution >= 0.6 is 23.1 Å². The number of aromatic nitrogens is 2. The van der Waals surface area contributed by atoms with E-state index in [4.69, 9.17) is 0 Å². The molecule has 2 rings (SSSR count). The summed E-state index contributed by atoms with van der Waals surface area (Å²) in [7, 11) is 0. The summed E-state index contributed by atoms with van der Waals surface area (Å²) in [6.45, 7) is 7.70. The third kappa shape index (κ3) is 3.82. The quantitative estimate of drug-likeness (QED) is 0.753. The van der Waals surface area contributed by atoms with Crippen LogP contribution in [0.1, 0.15) is 26.7 Å². The van der Waals surface area contributed by atoms with Gasteiger partial charge in [-0.1, -0.05) is 23.1 Å². The molecule has 0 aromatic carbocycles. The second-order valence-corrected chi connectivity index (χ2v) is 6.58. The van der Waals surface area contributed by atoms with Crippen LogP contribution in [0.2, 0.25) is 0 Å². The molecule has 0 N–H and O–H groups in total. The lowest BCUT2D eigenvalue weighted by Crippen LogP contribution is -2.31. The topological polar surface area (TPSA) is 49.3 Å². The number of hydrogen-bond donors (Lipinski definition) is 0. The number of rotatable bonds is 6. The van der Waals surface area contributed by atoms with Crippen LogP contribution in [0.4, 0.5) is 5.13 Å². The third-order valence-corrected chi connectivity index (χ3v) is 5.31. The summed E-state index contributed by atoms with van der Waals surface area (Å²) < 4.78 is 0.891. The van der Waals surface area contributed by atoms with Crippen LogP contribution in [0.3, 0.4) is 0 Å². The Morgan fingerprint density at radius 3 is 2.63 bits per heavy atom. The number of anilines is 1. The zero-order valence-corrected chi connectivity index (χ0v) is 13.1. The van der Waals surface area contributed by atoms with Gasteiger partial charge in [-0.15, -0.1) is 10.2 Å². The van der Waals surface area contributed by atoms with Gasteiger partial charge in [-0.25, -0.2) is 0 Å². The Kier molecular flexibility index (Phi) is 5.45. The Hall–Kier alpha value is -0.820. The maximum Gasteiger partial charge on any atom is 0.233 e. The minimum atomic E-state index is 0.174. The molecule has 0 radical (unpaired) electrons. The normalized spacial score (nSPS) is 14.9. The lowest BCUT2D eigenvalue weighted by molar-refractivity contribution is -0.127. The number of amides is 1. The van der Waals surface area contributed by atoms with E-state index in [1.807, 2.05) is 18.7 Å². The largest absolute Gasteiger partial charge is 0.347 e. The molecule has 1 saturated heterocycles. The zero-order valence-electron chi connectivity index (χ0n) is 11.5. The molecular formula is C12H20N4OS2. The first-order chi connectivity index (χ1) is 9.24. The standard InChI is InChI=1S/C12H20N4OS2/c1-3-15(4-2)10(17)9-18-12-14-13-11(19-12)16-7-5-6-8-16/h3-9H2,1-2H3. The van der Waals surface area contributed by atoms with Crippen LogP contribution in [-0.2, 0) is 4.79 Å². The van der Waals surface area contributed by atoms with Gasteiger partial charge in [-0.05, 0) is 26.7 Å². The molecule has 2 heterocycles. The van der Waals surface area contributed by atoms with Gasteiger partial charge in [0, 0.05) is 26.2 Å². The van der Waals surface area contributed by atoms with Crippen molar-refractivity contribution in [1.29, 1.82) is 0 Å². The highest BCUT2D eigenvalue weighted by Crippen LogP contribution is 2.29. The third-order valence-electron chi connectivity index (χ3n) is 3.21. The van der Waals surface area contributed by atoms with E-state index in [0.29, 0.717) is 5.75 Å². The van der Waals surface area contributed by atoms with Crippen LogP contribution < -0.4 is 4.90 Å². The monoisotopic (exact) mass is 300 g/mol. The average Bonchev–Trinajstić information content (AvgIpc) is 3.08. The summed E-state index contributed by atoms with van der Waals surface area (Å²) in [6.07, 6.45) is 2.48. The van der Waals surface area contributed by atoms with Crippen LogP contribution in [0.15, 0.2) is 4.34 Å². The maximum atomic E-state index is 11.9. The molecule has 19 heavy (non-hydrogen) atoms. The first-order valence-electron chi connectivity index (χ1n) is 6.73. The molecule has 1 aromatic rings. The summed E-state index contributed by atoms with van der Waals surface area (Å²) >= 11 is 3.09. The first-order valence-corrected chi connectivity index (χ1v) is 8.53. The molecule has 0 spiro atoms. The highest BCUT2D eigenvalue weighted by Gasteiger charge is 2.17. The first kappa shape index (κ1) is 14.6. The summed E-state index contributed by atoms with van der Waals surface area (Å²) in [5.41, 5.74) is 0. The Morgan fingerprint density at radius 2 is 2.00 bits per heavy atom. The van der Waals surface area contributed by atoms with Gasteiger partial charge in [0.15, 0.2) is 4.34 Å². The molecule has 0 unspecified atom stereocenters. The molecule has 0 aliphatic carbocycles. The van der Waals surface area contributed by atoms with Crippen molar-refractivity contribution in [3.63, 3.8) is 0 Å². The van der Waals surface area contributed by atoms with E-state index in [-0.39, 0.29) is 5.91 Å². The van der Waals surface area contributed by atoms with Gasteiger partial charge in [0.25, 0.3) is 0 Å². The molecule has 106 valence electrons. The molecule has 0 atom stereocenters. The summed E-state index contributed by atoms with van der Waals surface area (Å²) in [5, 5.41) is 9.37. The molecular weight excluding hydrogens is 280 g/mol. The average molecular weight is 300 g/mol. The molecule has 0 saturated carbocycles. The summed E-state index contributed by atoms with van der Waals surface area (Å²) in [4.78, 5) is 16.0. The van der Waals surface area contributed by atoms with Gasteiger partial charge in [0.05, 0.1) is 5.75 Å². The fraction of sp³-hybridized carbons (Fsp3) is 0.750. The fourth-order valence-corrected chi connectivity index (χ4v) is 3.88. The number of carbonyl (C=O) groups excluding carboxylic acids is 1. The Balaban J connectivity index is 1.84. The van der Waals surface area contributed by atoms with Gasteiger partial charge in [0.2, 0.25) is 11.0 Å². The smallest absolute Gasteiger partial charge is 0.233 e. The van der Waals surface area contributed by atoms with Crippen molar-refractivity contribution in [2.75, 3.05) is 36.8 Å². The molecule has 5 nitrogen and oxygen atoms in total. The van der Waals surface area contributed by atoms with E-state index in [2.05, 4.69) is 15.1 Å². The molecule has 1 fully saturated rings. The number of thioether (sulfide) groups is 1. The van der Waals surface area contributed by atoms with Gasteiger partial charge < -0.3 is 9.80 Å². The Labute approximate surface area is 122 Å². The van der Waals surface area contributed by atoms with E-state index in [1.54, 1.807) is 11.3 Å². The molecule has 7 heteroatoms. The maximum absolute atomic E-state index is 11.9. The van der Waals surface area contributed by atoms with E-state index < -0.39 is 0 Å². The SMILES string of the molecule is CCN(CC)C(=O)CSc1nnc(N2CCCC2)s1. The minimum absolute atomic E-state index is 0.174. The van der Waals surface area contributed by atoms with Crippen molar-refractivity contribution < 1.29 is 4.79 Å². The van der Waals surface area contributed by atoms with Gasteiger partial charge in [0.1, 0.15) is 0 Å². The predicted molar refractivity (Wildman–Crippen MR) is 80.0 cm³/mol. The second kappa shape index (κ2) is 7.09. The molecule has 1 aromatic heterocycles. The predicted octanol–water partition coefficient (Wildman–Crippen LogP) is 2.10. The van der Waals surface area contributed by atoms with Crippen molar-refractivity contribution in [1.82, 2.24) is 15.1 Å². The van der Waals surface area contributed by atoms with E-state index in [0.717, 1.165) is 35.7 Å². The van der Waals surface area contributed by atoms with Crippen molar-refractivity contribution in [2.24, 2.45) is 0 Å². The molecule has 1 amide bonds. The Morgan fingerprint density at radius 1 is 1.32 bits per heavy atom. The van der Waals surface area contributed by atoms with E-state index in [9.17, 15) is 4.79 Å². The highest BCUT2D eigenvalue weighted by molar-refractivity contribution is 8.01. The van der Waals surface area contributed by atoms with Crippen LogP contribution in [0.5, 0.6) is 0 Å². The Bertz CT molecular complexity index is 414. The van der Waals surface area contributed by atoms with Gasteiger partial charge in [-0.3, -0.25) is 4.79 Å². The highest BCUT2D eigenvalue weighted by atomic mass is 32.2. The van der Waals surface area contributed by atoms with Crippen molar-refractivity contribution in [2.45, 2.75) is 31.0 Å². The second-order valence-electron chi connectivity index (χ2n) is 4.40. The summed E-state index contributed by atoms with van der Waals surface area (Å²) in [6, 6.07) is 0. The van der Waals surface area contributed by atoms with E-state index in [1.165, 1.54) is 24.6 Å². The molecule has 1 aliphatic rings. The molecule has 1 aliphatic heterocycles. The summed E-state index contributed by atoms with van der Waals surface area (Å²) in [5.74, 6) is 0.629. The van der Waals surface area contributed by atoms with E-state index >= 15 is 0 Å². The molecule has 0 bridgehead atoms. The van der Waals surface area contributed by atoms with Gasteiger partial charge in [-0.2, -0.15) is 0 Å². The fourth-order valence-electron chi connectivity index (χ4n) is 2.09. The number of hydrogen-bond acceptors (Lipinski definition) is 6.